The second-order valence-corrected chi connectivity index (χ2v) is 7.43. The number of ether oxygens (including phenoxy) is 1. The smallest absolute Gasteiger partial charge is 0.222 e. The van der Waals surface area contributed by atoms with Gasteiger partial charge in [-0.15, -0.1) is 0 Å². The molecule has 2 unspecified atom stereocenters. The van der Waals surface area contributed by atoms with Gasteiger partial charge in [0.25, 0.3) is 0 Å². The van der Waals surface area contributed by atoms with Gasteiger partial charge in [0, 0.05) is 25.4 Å². The lowest BCUT2D eigenvalue weighted by Crippen LogP contribution is -2.29. The van der Waals surface area contributed by atoms with Crippen LogP contribution in [0.15, 0.2) is 54.6 Å². The summed E-state index contributed by atoms with van der Waals surface area (Å²) < 4.78 is 5.23. The van der Waals surface area contributed by atoms with Gasteiger partial charge in [-0.05, 0) is 48.4 Å². The number of hydrogen-bond acceptors (Lipinski definition) is 2. The van der Waals surface area contributed by atoms with Gasteiger partial charge in [-0.2, -0.15) is 0 Å². The zero-order valence-electron chi connectivity index (χ0n) is 15.9. The first-order valence-corrected chi connectivity index (χ1v) is 9.61. The van der Waals surface area contributed by atoms with Crippen molar-refractivity contribution in [2.45, 2.75) is 38.5 Å². The monoisotopic (exact) mass is 351 g/mol. The number of likely N-dealkylation sites (tertiary alicyclic amines) is 1. The average molecular weight is 351 g/mol. The van der Waals surface area contributed by atoms with Gasteiger partial charge in [-0.25, -0.2) is 0 Å². The molecular weight excluding hydrogens is 322 g/mol. The van der Waals surface area contributed by atoms with Crippen LogP contribution in [0.2, 0.25) is 0 Å². The van der Waals surface area contributed by atoms with E-state index in [1.54, 1.807) is 7.11 Å². The summed E-state index contributed by atoms with van der Waals surface area (Å²) in [6.07, 6.45) is 3.81. The minimum Gasteiger partial charge on any atom is -0.497 e. The molecule has 1 heterocycles. The number of benzene rings is 2. The third kappa shape index (κ3) is 4.87. The molecule has 1 aliphatic heterocycles. The Kier molecular flexibility index (Phi) is 6.32. The molecule has 2 aromatic rings. The summed E-state index contributed by atoms with van der Waals surface area (Å²) in [4.78, 5) is 14.7. The Morgan fingerprint density at radius 1 is 1.15 bits per heavy atom. The van der Waals surface area contributed by atoms with E-state index in [1.165, 1.54) is 11.1 Å². The molecule has 1 aliphatic rings. The second-order valence-electron chi connectivity index (χ2n) is 7.43. The van der Waals surface area contributed by atoms with Crippen molar-refractivity contribution < 1.29 is 9.53 Å². The van der Waals surface area contributed by atoms with Gasteiger partial charge in [0.15, 0.2) is 0 Å². The predicted octanol–water partition coefficient (Wildman–Crippen LogP) is 4.67. The highest BCUT2D eigenvalue weighted by molar-refractivity contribution is 5.76. The largest absolute Gasteiger partial charge is 0.497 e. The quantitative estimate of drug-likeness (QED) is 0.725. The summed E-state index contributed by atoms with van der Waals surface area (Å²) in [6, 6.07) is 18.8. The van der Waals surface area contributed by atoms with Crippen LogP contribution in [0, 0.1) is 5.92 Å². The van der Waals surface area contributed by atoms with Crippen LogP contribution < -0.4 is 4.74 Å². The van der Waals surface area contributed by atoms with Crippen molar-refractivity contribution in [1.29, 1.82) is 0 Å². The number of carbonyl (C=O) groups is 1. The lowest BCUT2D eigenvalue weighted by Gasteiger charge is -2.19. The molecule has 2 aromatic carbocycles. The SMILES string of the molecule is COc1ccc(C2CCN(C(=O)CC(C)CCc3ccccc3)C2)cc1. The molecule has 3 heteroatoms. The summed E-state index contributed by atoms with van der Waals surface area (Å²) in [7, 11) is 1.68. The van der Waals surface area contributed by atoms with E-state index in [0.29, 0.717) is 24.2 Å². The molecule has 0 N–H and O–H groups in total. The highest BCUT2D eigenvalue weighted by Gasteiger charge is 2.27. The average Bonchev–Trinajstić information content (AvgIpc) is 3.18. The highest BCUT2D eigenvalue weighted by Crippen LogP contribution is 2.29. The van der Waals surface area contributed by atoms with Crippen LogP contribution in [-0.2, 0) is 11.2 Å². The molecule has 1 amide bonds. The molecule has 3 rings (SSSR count). The van der Waals surface area contributed by atoms with E-state index < -0.39 is 0 Å². The first kappa shape index (κ1) is 18.5. The first-order valence-electron chi connectivity index (χ1n) is 9.61. The topological polar surface area (TPSA) is 29.5 Å². The van der Waals surface area contributed by atoms with Gasteiger partial charge in [0.1, 0.15) is 5.75 Å². The number of methoxy groups -OCH3 is 1. The number of hydrogen-bond donors (Lipinski definition) is 0. The third-order valence-corrected chi connectivity index (χ3v) is 5.42. The molecule has 0 spiro atoms. The standard InChI is InChI=1S/C23H29NO2/c1-18(8-9-19-6-4-3-5-7-19)16-23(25)24-15-14-21(17-24)20-10-12-22(26-2)13-11-20/h3-7,10-13,18,21H,8-9,14-17H2,1-2H3. The van der Waals surface area contributed by atoms with Gasteiger partial charge >= 0.3 is 0 Å². The Hall–Kier alpha value is -2.29. The lowest BCUT2D eigenvalue weighted by atomic mass is 9.97. The fraction of sp³-hybridized carbons (Fsp3) is 0.435. The first-order chi connectivity index (χ1) is 12.7. The summed E-state index contributed by atoms with van der Waals surface area (Å²) in [5.41, 5.74) is 2.66. The third-order valence-electron chi connectivity index (χ3n) is 5.42. The molecule has 1 saturated heterocycles. The molecule has 0 saturated carbocycles. The fourth-order valence-electron chi connectivity index (χ4n) is 3.72. The maximum absolute atomic E-state index is 12.7. The minimum absolute atomic E-state index is 0.307. The van der Waals surface area contributed by atoms with Crippen LogP contribution in [-0.4, -0.2) is 31.0 Å². The highest BCUT2D eigenvalue weighted by atomic mass is 16.5. The van der Waals surface area contributed by atoms with Crippen LogP contribution in [0.1, 0.15) is 43.2 Å². The van der Waals surface area contributed by atoms with Gasteiger partial charge in [0.05, 0.1) is 7.11 Å². The van der Waals surface area contributed by atoms with Crippen LogP contribution in [0.4, 0.5) is 0 Å². The molecule has 0 aromatic heterocycles. The van der Waals surface area contributed by atoms with Crippen LogP contribution in [0.5, 0.6) is 5.75 Å². The molecule has 0 aliphatic carbocycles. The summed E-state index contributed by atoms with van der Waals surface area (Å²) in [6.45, 7) is 3.91. The van der Waals surface area contributed by atoms with Gasteiger partial charge in [-0.3, -0.25) is 4.79 Å². The van der Waals surface area contributed by atoms with E-state index in [9.17, 15) is 4.79 Å². The molecule has 1 fully saturated rings. The van der Waals surface area contributed by atoms with E-state index in [2.05, 4.69) is 43.3 Å². The van der Waals surface area contributed by atoms with E-state index in [0.717, 1.165) is 38.1 Å². The summed E-state index contributed by atoms with van der Waals surface area (Å²) >= 11 is 0. The zero-order chi connectivity index (χ0) is 18.4. The van der Waals surface area contributed by atoms with Crippen molar-refractivity contribution >= 4 is 5.91 Å². The summed E-state index contributed by atoms with van der Waals surface area (Å²) in [5, 5.41) is 0. The Morgan fingerprint density at radius 2 is 1.88 bits per heavy atom. The molecule has 0 radical (unpaired) electrons. The van der Waals surface area contributed by atoms with Gasteiger partial charge < -0.3 is 9.64 Å². The van der Waals surface area contributed by atoms with E-state index in [1.807, 2.05) is 23.1 Å². The number of amides is 1. The fourth-order valence-corrected chi connectivity index (χ4v) is 3.72. The normalized spacial score (nSPS) is 17.9. The number of rotatable bonds is 7. The number of aryl methyl sites for hydroxylation is 1. The van der Waals surface area contributed by atoms with Crippen molar-refractivity contribution in [1.82, 2.24) is 4.90 Å². The van der Waals surface area contributed by atoms with Gasteiger partial charge in [-0.1, -0.05) is 49.4 Å². The Bertz CT molecular complexity index is 696. The maximum Gasteiger partial charge on any atom is 0.222 e. The number of nitrogens with zero attached hydrogens (tertiary/aromatic N) is 1. The van der Waals surface area contributed by atoms with Crippen molar-refractivity contribution in [2.75, 3.05) is 20.2 Å². The molecule has 2 atom stereocenters. The molecule has 3 nitrogen and oxygen atoms in total. The van der Waals surface area contributed by atoms with Crippen LogP contribution in [0.3, 0.4) is 0 Å². The maximum atomic E-state index is 12.7. The minimum atomic E-state index is 0.307. The Labute approximate surface area is 157 Å². The molecular formula is C23H29NO2. The Morgan fingerprint density at radius 3 is 2.58 bits per heavy atom. The Balaban J connectivity index is 1.46. The van der Waals surface area contributed by atoms with E-state index in [4.69, 9.17) is 4.74 Å². The summed E-state index contributed by atoms with van der Waals surface area (Å²) in [5.74, 6) is 2.06. The van der Waals surface area contributed by atoms with Gasteiger partial charge in [0.2, 0.25) is 5.91 Å². The molecule has 0 bridgehead atoms. The molecule has 138 valence electrons. The van der Waals surface area contributed by atoms with Crippen molar-refractivity contribution in [2.24, 2.45) is 5.92 Å². The van der Waals surface area contributed by atoms with Crippen LogP contribution >= 0.6 is 0 Å². The second kappa shape index (κ2) is 8.88. The lowest BCUT2D eigenvalue weighted by molar-refractivity contribution is -0.131. The van der Waals surface area contributed by atoms with Crippen molar-refractivity contribution in [3.05, 3.63) is 65.7 Å². The van der Waals surface area contributed by atoms with E-state index >= 15 is 0 Å². The van der Waals surface area contributed by atoms with Crippen molar-refractivity contribution in [3.8, 4) is 5.75 Å². The predicted molar refractivity (Wildman–Crippen MR) is 105 cm³/mol. The molecule has 26 heavy (non-hydrogen) atoms. The van der Waals surface area contributed by atoms with Crippen LogP contribution in [0.25, 0.3) is 0 Å². The zero-order valence-corrected chi connectivity index (χ0v) is 15.9. The van der Waals surface area contributed by atoms with E-state index in [-0.39, 0.29) is 0 Å². The number of carbonyl (C=O) groups excluding carboxylic acids is 1. The van der Waals surface area contributed by atoms with Crippen molar-refractivity contribution in [3.63, 3.8) is 0 Å².